The monoisotopic (exact) mass is 174 g/mol. The van der Waals surface area contributed by atoms with E-state index in [0.717, 1.165) is 22.4 Å². The lowest BCUT2D eigenvalue weighted by molar-refractivity contribution is 0.907. The minimum atomic E-state index is 0.624. The minimum absolute atomic E-state index is 0.624. The molecule has 0 bridgehead atoms. The third-order valence-electron chi connectivity index (χ3n) is 1.03. The Morgan fingerprint density at radius 2 is 1.80 bits per heavy atom. The molecule has 0 saturated heterocycles. The fourth-order valence-electron chi connectivity index (χ4n) is 0.728. The Morgan fingerprint density at radius 1 is 1.30 bits per heavy atom. The van der Waals surface area contributed by atoms with Gasteiger partial charge < -0.3 is 0 Å². The van der Waals surface area contributed by atoms with Gasteiger partial charge in [-0.2, -0.15) is 0 Å². The van der Waals surface area contributed by atoms with Gasteiger partial charge in [0, 0.05) is 22.4 Å². The van der Waals surface area contributed by atoms with Crippen molar-refractivity contribution in [3.05, 3.63) is 17.5 Å². The van der Waals surface area contributed by atoms with Crippen LogP contribution >= 0.6 is 21.7 Å². The summed E-state index contributed by atoms with van der Waals surface area (Å²) in [4.78, 5) is 8.14. The van der Waals surface area contributed by atoms with Gasteiger partial charge in [0.1, 0.15) is 0 Å². The highest BCUT2D eigenvalue weighted by Crippen LogP contribution is 2.17. The smallest absolute Gasteiger partial charge is 0.203 e. The van der Waals surface area contributed by atoms with E-state index in [0.29, 0.717) is 5.16 Å². The zero-order chi connectivity index (χ0) is 7.56. The summed E-state index contributed by atoms with van der Waals surface area (Å²) in [5.41, 5.74) is 1.91. The molecule has 1 heterocycles. The molecule has 0 aliphatic carbocycles. The summed E-state index contributed by atoms with van der Waals surface area (Å²) < 4.78 is 0. The van der Waals surface area contributed by atoms with E-state index in [1.165, 1.54) is 0 Å². The van der Waals surface area contributed by atoms with E-state index in [9.17, 15) is 0 Å². The molecule has 54 valence electrons. The van der Waals surface area contributed by atoms with Crippen LogP contribution in [0, 0.1) is 13.8 Å². The average Bonchev–Trinajstić information content (AvgIpc) is 1.85. The summed E-state index contributed by atoms with van der Waals surface area (Å²) in [7, 11) is 6.51. The molecule has 10 heavy (non-hydrogen) atoms. The number of aryl methyl sites for hydroxylation is 2. The molecule has 0 fully saturated rings. The van der Waals surface area contributed by atoms with E-state index in [1.807, 2.05) is 19.9 Å². The van der Waals surface area contributed by atoms with Gasteiger partial charge in [-0.25, -0.2) is 9.97 Å². The van der Waals surface area contributed by atoms with E-state index in [1.54, 1.807) is 0 Å². The highest BCUT2D eigenvalue weighted by Gasteiger charge is 1.96. The van der Waals surface area contributed by atoms with Gasteiger partial charge in [0.2, 0.25) is 5.16 Å². The van der Waals surface area contributed by atoms with Gasteiger partial charge in [-0.15, -0.1) is 0 Å². The fraction of sp³-hybridized carbons (Fsp3) is 0.333. The Labute approximate surface area is 68.5 Å². The lowest BCUT2D eigenvalue weighted by atomic mass is 10.4. The van der Waals surface area contributed by atoms with Crippen LogP contribution < -0.4 is 0 Å². The maximum Gasteiger partial charge on any atom is 0.203 e. The SMILES string of the molecule is Cc1cc(C)nc(SCl)n1. The van der Waals surface area contributed by atoms with Crippen molar-refractivity contribution in [2.24, 2.45) is 0 Å². The second kappa shape index (κ2) is 3.21. The molecular formula is C6H7ClN2S. The van der Waals surface area contributed by atoms with E-state index in [2.05, 4.69) is 9.97 Å². The molecule has 4 heteroatoms. The van der Waals surface area contributed by atoms with E-state index in [4.69, 9.17) is 10.7 Å². The van der Waals surface area contributed by atoms with Gasteiger partial charge in [0.05, 0.1) is 0 Å². The van der Waals surface area contributed by atoms with Crippen LogP contribution in [0.2, 0.25) is 0 Å². The molecule has 1 rings (SSSR count). The molecule has 0 amide bonds. The lowest BCUT2D eigenvalue weighted by Gasteiger charge is -1.96. The van der Waals surface area contributed by atoms with Crippen LogP contribution in [0.1, 0.15) is 11.4 Å². The molecule has 0 aliphatic heterocycles. The maximum atomic E-state index is 5.46. The van der Waals surface area contributed by atoms with Crippen LogP contribution in [0.3, 0.4) is 0 Å². The quantitative estimate of drug-likeness (QED) is 0.612. The van der Waals surface area contributed by atoms with Crippen molar-refractivity contribution in [3.8, 4) is 0 Å². The molecule has 2 nitrogen and oxygen atoms in total. The minimum Gasteiger partial charge on any atom is -0.227 e. The first-order valence-corrected chi connectivity index (χ1v) is 4.47. The number of halogens is 1. The number of hydrogen-bond acceptors (Lipinski definition) is 3. The summed E-state index contributed by atoms with van der Waals surface area (Å²) in [6.45, 7) is 3.84. The third-order valence-corrected chi connectivity index (χ3v) is 1.77. The van der Waals surface area contributed by atoms with E-state index in [-0.39, 0.29) is 0 Å². The van der Waals surface area contributed by atoms with Gasteiger partial charge in [-0.3, -0.25) is 0 Å². The Kier molecular flexibility index (Phi) is 2.51. The first-order chi connectivity index (χ1) is 4.72. The van der Waals surface area contributed by atoms with Crippen LogP contribution in [-0.2, 0) is 0 Å². The molecule has 1 aromatic rings. The zero-order valence-electron chi connectivity index (χ0n) is 5.76. The second-order valence-electron chi connectivity index (χ2n) is 2.01. The predicted molar refractivity (Wildman–Crippen MR) is 43.2 cm³/mol. The zero-order valence-corrected chi connectivity index (χ0v) is 7.33. The summed E-state index contributed by atoms with van der Waals surface area (Å²) in [5.74, 6) is 0. The molecule has 0 unspecified atom stereocenters. The largest absolute Gasteiger partial charge is 0.227 e. The van der Waals surface area contributed by atoms with Crippen LogP contribution in [0.4, 0.5) is 0 Å². The van der Waals surface area contributed by atoms with Crippen molar-refractivity contribution in [1.29, 1.82) is 0 Å². The number of rotatable bonds is 1. The first-order valence-electron chi connectivity index (χ1n) is 2.83. The van der Waals surface area contributed by atoms with Gasteiger partial charge in [-0.1, -0.05) is 0 Å². The van der Waals surface area contributed by atoms with E-state index >= 15 is 0 Å². The average molecular weight is 175 g/mol. The van der Waals surface area contributed by atoms with Crippen LogP contribution in [0.25, 0.3) is 0 Å². The molecule has 0 radical (unpaired) electrons. The van der Waals surface area contributed by atoms with Crippen molar-refractivity contribution in [2.45, 2.75) is 19.0 Å². The molecule has 0 aliphatic rings. The normalized spacial score (nSPS) is 9.90. The van der Waals surface area contributed by atoms with Crippen molar-refractivity contribution >= 4 is 21.7 Å². The van der Waals surface area contributed by atoms with Crippen LogP contribution in [0.15, 0.2) is 11.2 Å². The van der Waals surface area contributed by atoms with Gasteiger partial charge in [-0.05, 0) is 30.6 Å². The fourth-order valence-corrected chi connectivity index (χ4v) is 1.29. The Bertz CT molecular complexity index is 219. The molecule has 0 saturated carbocycles. The Morgan fingerprint density at radius 3 is 2.20 bits per heavy atom. The van der Waals surface area contributed by atoms with E-state index < -0.39 is 0 Å². The Balaban J connectivity index is 3.06. The van der Waals surface area contributed by atoms with Gasteiger partial charge in [0.15, 0.2) is 0 Å². The molecule has 0 spiro atoms. The maximum absolute atomic E-state index is 5.46. The highest BCUT2D eigenvalue weighted by molar-refractivity contribution is 8.21. The number of nitrogens with zero attached hydrogens (tertiary/aromatic N) is 2. The second-order valence-corrected chi connectivity index (χ2v) is 2.99. The summed E-state index contributed by atoms with van der Waals surface area (Å²) >= 11 is 0. The van der Waals surface area contributed by atoms with Crippen LogP contribution in [0.5, 0.6) is 0 Å². The number of hydrogen-bond donors (Lipinski definition) is 0. The summed E-state index contributed by atoms with van der Waals surface area (Å²) in [6.07, 6.45) is 0. The van der Waals surface area contributed by atoms with Crippen molar-refractivity contribution in [3.63, 3.8) is 0 Å². The summed E-state index contributed by atoms with van der Waals surface area (Å²) in [6, 6.07) is 1.91. The number of aromatic nitrogens is 2. The topological polar surface area (TPSA) is 25.8 Å². The molecule has 0 aromatic carbocycles. The summed E-state index contributed by atoms with van der Waals surface area (Å²) in [5, 5.41) is 0.624. The van der Waals surface area contributed by atoms with Crippen molar-refractivity contribution in [1.82, 2.24) is 9.97 Å². The predicted octanol–water partition coefficient (Wildman–Crippen LogP) is 2.34. The standard InChI is InChI=1S/C6H7ClN2S/c1-4-3-5(2)9-6(8-4)10-7/h3H,1-2H3. The molecule has 0 atom stereocenters. The van der Waals surface area contributed by atoms with Crippen molar-refractivity contribution in [2.75, 3.05) is 0 Å². The van der Waals surface area contributed by atoms with Crippen LogP contribution in [-0.4, -0.2) is 9.97 Å². The van der Waals surface area contributed by atoms with Crippen molar-refractivity contribution < 1.29 is 0 Å². The Hall–Kier alpha value is -0.280. The highest BCUT2D eigenvalue weighted by atomic mass is 35.7. The first kappa shape index (κ1) is 7.82. The molecule has 0 N–H and O–H groups in total. The molecule has 1 aromatic heterocycles. The third kappa shape index (κ3) is 1.85. The molecular weight excluding hydrogens is 168 g/mol. The lowest BCUT2D eigenvalue weighted by Crippen LogP contribution is -1.90. The van der Waals surface area contributed by atoms with Gasteiger partial charge >= 0.3 is 0 Å². The van der Waals surface area contributed by atoms with Gasteiger partial charge in [0.25, 0.3) is 0 Å².